The van der Waals surface area contributed by atoms with E-state index in [1.807, 2.05) is 17.5 Å². The summed E-state index contributed by atoms with van der Waals surface area (Å²) in [6.45, 7) is 2.88. The van der Waals surface area contributed by atoms with E-state index >= 15 is 0 Å². The van der Waals surface area contributed by atoms with Gasteiger partial charge in [0.1, 0.15) is 4.75 Å². The quantitative estimate of drug-likeness (QED) is 0.800. The van der Waals surface area contributed by atoms with Gasteiger partial charge in [0.15, 0.2) is 11.0 Å². The van der Waals surface area contributed by atoms with Crippen LogP contribution in [0.15, 0.2) is 45.9 Å². The predicted molar refractivity (Wildman–Crippen MR) is 106 cm³/mol. The highest BCUT2D eigenvalue weighted by atomic mass is 32.2. The highest BCUT2D eigenvalue weighted by molar-refractivity contribution is 8.01. The minimum Gasteiger partial charge on any atom is -0.329 e. The molecule has 26 heavy (non-hydrogen) atoms. The second kappa shape index (κ2) is 7.40. The highest BCUT2D eigenvalue weighted by Gasteiger charge is 2.46. The fourth-order valence-corrected chi connectivity index (χ4v) is 5.30. The van der Waals surface area contributed by atoms with E-state index in [2.05, 4.69) is 44.5 Å². The summed E-state index contributed by atoms with van der Waals surface area (Å²) in [5, 5.41) is 16.9. The van der Waals surface area contributed by atoms with Crippen LogP contribution < -0.4 is 5.32 Å². The lowest BCUT2D eigenvalue weighted by atomic mass is 9.83. The van der Waals surface area contributed by atoms with Crippen molar-refractivity contribution in [2.45, 2.75) is 55.5 Å². The number of thioether (sulfide) groups is 1. The fraction of sp³-hybridized carbons (Fsp3) is 0.421. The summed E-state index contributed by atoms with van der Waals surface area (Å²) < 4.78 is 1.69. The van der Waals surface area contributed by atoms with Crippen molar-refractivity contribution in [3.05, 3.63) is 40.8 Å². The highest BCUT2D eigenvalue weighted by Crippen LogP contribution is 2.48. The Hall–Kier alpha value is -1.86. The lowest BCUT2D eigenvalue weighted by Gasteiger charge is -2.39. The molecule has 0 spiro atoms. The molecule has 0 atom stereocenters. The molecule has 0 aromatic carbocycles. The molecule has 1 saturated carbocycles. The third kappa shape index (κ3) is 3.25. The van der Waals surface area contributed by atoms with E-state index in [0.717, 1.165) is 60.9 Å². The third-order valence-corrected chi connectivity index (χ3v) is 7.11. The topological polar surface area (TPSA) is 59.8 Å². The van der Waals surface area contributed by atoms with Gasteiger partial charge in [0.05, 0.1) is 0 Å². The van der Waals surface area contributed by atoms with Crippen LogP contribution in [0.1, 0.15) is 39.0 Å². The summed E-state index contributed by atoms with van der Waals surface area (Å²) in [5.74, 6) is 0.990. The minimum absolute atomic E-state index is 0.109. The van der Waals surface area contributed by atoms with E-state index < -0.39 is 4.75 Å². The molecule has 4 rings (SSSR count). The summed E-state index contributed by atoms with van der Waals surface area (Å²) in [4.78, 5) is 13.0. The molecule has 2 heterocycles. The maximum atomic E-state index is 13.0. The molecule has 1 fully saturated rings. The van der Waals surface area contributed by atoms with Gasteiger partial charge in [-0.1, -0.05) is 23.9 Å². The number of thiophene rings is 1. The van der Waals surface area contributed by atoms with Crippen LogP contribution >= 0.6 is 23.1 Å². The molecule has 1 amide bonds. The molecular formula is C19H22N4OS2. The molecule has 0 bridgehead atoms. The molecule has 136 valence electrons. The number of amides is 1. The summed E-state index contributed by atoms with van der Waals surface area (Å²) in [5.41, 5.74) is 2.10. The van der Waals surface area contributed by atoms with Gasteiger partial charge in [0.25, 0.3) is 0 Å². The molecule has 0 aliphatic heterocycles. The van der Waals surface area contributed by atoms with Gasteiger partial charge in [-0.25, -0.2) is 0 Å². The van der Waals surface area contributed by atoms with Crippen molar-refractivity contribution in [2.75, 3.05) is 0 Å². The largest absolute Gasteiger partial charge is 0.329 e. The number of rotatable bonds is 6. The Morgan fingerprint density at radius 3 is 2.92 bits per heavy atom. The molecule has 5 nitrogen and oxygen atoms in total. The number of hydrogen-bond acceptors (Lipinski definition) is 5. The molecule has 2 aromatic heterocycles. The van der Waals surface area contributed by atoms with Crippen molar-refractivity contribution in [1.82, 2.24) is 20.1 Å². The van der Waals surface area contributed by atoms with Crippen LogP contribution in [0, 0.1) is 0 Å². The van der Waals surface area contributed by atoms with Crippen LogP contribution in [0.3, 0.4) is 0 Å². The Morgan fingerprint density at radius 1 is 1.42 bits per heavy atom. The predicted octanol–water partition coefficient (Wildman–Crippen LogP) is 4.39. The van der Waals surface area contributed by atoms with Crippen molar-refractivity contribution in [1.29, 1.82) is 0 Å². The molecule has 7 heteroatoms. The zero-order valence-electron chi connectivity index (χ0n) is 14.8. The molecule has 0 radical (unpaired) electrons. The Kier molecular flexibility index (Phi) is 5.00. The van der Waals surface area contributed by atoms with Crippen LogP contribution in [0.5, 0.6) is 0 Å². The Balaban J connectivity index is 1.56. The summed E-state index contributed by atoms with van der Waals surface area (Å²) in [6.07, 6.45) is 10.9. The van der Waals surface area contributed by atoms with Crippen molar-refractivity contribution in [3.63, 3.8) is 0 Å². The number of hydrogen-bond donors (Lipinski definition) is 1. The van der Waals surface area contributed by atoms with Crippen molar-refractivity contribution in [2.24, 2.45) is 0 Å². The van der Waals surface area contributed by atoms with E-state index in [0.29, 0.717) is 0 Å². The number of allylic oxidation sites excluding steroid dienone is 4. The Bertz CT molecular complexity index is 847. The monoisotopic (exact) mass is 386 g/mol. The number of nitrogens with one attached hydrogen (secondary N) is 1. The van der Waals surface area contributed by atoms with Crippen LogP contribution in [-0.4, -0.2) is 25.4 Å². The SMILES string of the molecule is CCn1c(SC2(C(=O)NC3=CC=CCC3)CCC2)nnc1-c1ccsc1. The summed E-state index contributed by atoms with van der Waals surface area (Å²) >= 11 is 3.23. The molecular weight excluding hydrogens is 364 g/mol. The zero-order chi connectivity index (χ0) is 18.0. The molecule has 2 aliphatic carbocycles. The Labute approximate surface area is 161 Å². The Morgan fingerprint density at radius 2 is 2.31 bits per heavy atom. The maximum absolute atomic E-state index is 13.0. The van der Waals surface area contributed by atoms with Crippen LogP contribution in [0.2, 0.25) is 0 Å². The van der Waals surface area contributed by atoms with E-state index in [9.17, 15) is 4.79 Å². The molecule has 2 aromatic rings. The van der Waals surface area contributed by atoms with Gasteiger partial charge in [-0.15, -0.1) is 10.2 Å². The van der Waals surface area contributed by atoms with Gasteiger partial charge in [0, 0.05) is 23.2 Å². The van der Waals surface area contributed by atoms with Crippen molar-refractivity contribution >= 4 is 29.0 Å². The first-order chi connectivity index (χ1) is 12.7. The smallest absolute Gasteiger partial charge is 0.240 e. The molecule has 1 N–H and O–H groups in total. The first-order valence-electron chi connectivity index (χ1n) is 9.04. The van der Waals surface area contributed by atoms with Crippen molar-refractivity contribution < 1.29 is 4.79 Å². The average molecular weight is 387 g/mol. The lowest BCUT2D eigenvalue weighted by Crippen LogP contribution is -2.49. The van der Waals surface area contributed by atoms with Gasteiger partial charge >= 0.3 is 0 Å². The standard InChI is InChI=1S/C19H22N4OS2/c1-2-23-16(14-9-12-25-13-14)21-22-18(23)26-19(10-6-11-19)17(24)20-15-7-4-3-5-8-15/h3-4,7,9,12-13H,2,5-6,8,10-11H2,1H3,(H,20,24). The summed E-state index contributed by atoms with van der Waals surface area (Å²) in [7, 11) is 0. The number of carbonyl (C=O) groups excluding carboxylic acids is 1. The number of carbonyl (C=O) groups is 1. The van der Waals surface area contributed by atoms with Gasteiger partial charge in [0.2, 0.25) is 5.91 Å². The molecule has 0 saturated heterocycles. The number of nitrogens with zero attached hydrogens (tertiary/aromatic N) is 3. The average Bonchev–Trinajstić information content (AvgIpc) is 3.27. The second-order valence-electron chi connectivity index (χ2n) is 6.63. The lowest BCUT2D eigenvalue weighted by molar-refractivity contribution is -0.124. The molecule has 0 unspecified atom stereocenters. The second-order valence-corrected chi connectivity index (χ2v) is 8.76. The van der Waals surface area contributed by atoms with Crippen LogP contribution in [0.25, 0.3) is 11.4 Å². The third-order valence-electron chi connectivity index (χ3n) is 4.96. The normalized spacial score (nSPS) is 18.3. The first-order valence-corrected chi connectivity index (χ1v) is 10.8. The van der Waals surface area contributed by atoms with Gasteiger partial charge in [-0.05, 0) is 56.6 Å². The van der Waals surface area contributed by atoms with Crippen LogP contribution in [0.4, 0.5) is 0 Å². The number of aromatic nitrogens is 3. The van der Waals surface area contributed by atoms with Crippen LogP contribution in [-0.2, 0) is 11.3 Å². The molecule has 2 aliphatic rings. The van der Waals surface area contributed by atoms with Gasteiger partial charge < -0.3 is 9.88 Å². The van der Waals surface area contributed by atoms with Gasteiger partial charge in [-0.3, -0.25) is 4.79 Å². The van der Waals surface area contributed by atoms with E-state index in [4.69, 9.17) is 0 Å². The van der Waals surface area contributed by atoms with E-state index in [1.54, 1.807) is 23.1 Å². The minimum atomic E-state index is -0.423. The zero-order valence-corrected chi connectivity index (χ0v) is 16.4. The van der Waals surface area contributed by atoms with Gasteiger partial charge in [-0.2, -0.15) is 11.3 Å². The summed E-state index contributed by atoms with van der Waals surface area (Å²) in [6, 6.07) is 2.06. The van der Waals surface area contributed by atoms with E-state index in [-0.39, 0.29) is 5.91 Å². The van der Waals surface area contributed by atoms with Crippen molar-refractivity contribution in [3.8, 4) is 11.4 Å². The maximum Gasteiger partial charge on any atom is 0.240 e. The first kappa shape index (κ1) is 17.5. The fourth-order valence-electron chi connectivity index (χ4n) is 3.27. The van der Waals surface area contributed by atoms with E-state index in [1.165, 1.54) is 0 Å².